The molecule has 0 aromatic heterocycles. The highest BCUT2D eigenvalue weighted by atomic mass is 32.2. The Hall–Kier alpha value is -1.73. The molecule has 0 bridgehead atoms. The van der Waals surface area contributed by atoms with E-state index < -0.39 is 14.9 Å². The molecule has 1 aliphatic rings. The Bertz CT molecular complexity index is 617. The van der Waals surface area contributed by atoms with Crippen LogP contribution in [0.3, 0.4) is 0 Å². The summed E-state index contributed by atoms with van der Waals surface area (Å²) in [5, 5.41) is 10.5. The summed E-state index contributed by atoms with van der Waals surface area (Å²) in [7, 11) is -3.24. The smallest absolute Gasteiger partial charge is 0.258 e. The highest BCUT2D eigenvalue weighted by Gasteiger charge is 2.22. The minimum atomic E-state index is -3.24. The van der Waals surface area contributed by atoms with Crippen LogP contribution in [0, 0.1) is 10.1 Å². The van der Waals surface area contributed by atoms with E-state index in [1.165, 1.54) is 16.4 Å². The van der Waals surface area contributed by atoms with Crippen LogP contribution in [0.1, 0.15) is 24.8 Å². The molecule has 1 aromatic carbocycles. The molecule has 6 nitrogen and oxygen atoms in total. The molecule has 1 aliphatic heterocycles. The molecule has 0 radical (unpaired) electrons. The number of hydrogen-bond acceptors (Lipinski definition) is 4. The van der Waals surface area contributed by atoms with E-state index in [4.69, 9.17) is 0 Å². The van der Waals surface area contributed by atoms with Crippen LogP contribution in [-0.2, 0) is 10.0 Å². The fraction of sp³-hybridized carbons (Fsp3) is 0.429. The van der Waals surface area contributed by atoms with Gasteiger partial charge in [0.15, 0.2) is 0 Å². The number of non-ortho nitro benzene ring substituents is 1. The summed E-state index contributed by atoms with van der Waals surface area (Å²) in [6.07, 6.45) is 6.19. The summed E-state index contributed by atoms with van der Waals surface area (Å²) >= 11 is 0. The van der Waals surface area contributed by atoms with E-state index in [1.54, 1.807) is 24.3 Å². The number of nitrogens with zero attached hydrogens (tertiary/aromatic N) is 2. The quantitative estimate of drug-likeness (QED) is 0.618. The van der Waals surface area contributed by atoms with Crippen LogP contribution >= 0.6 is 0 Å². The lowest BCUT2D eigenvalue weighted by molar-refractivity contribution is -0.384. The van der Waals surface area contributed by atoms with Crippen LogP contribution in [0.15, 0.2) is 30.3 Å². The van der Waals surface area contributed by atoms with Gasteiger partial charge >= 0.3 is 0 Å². The van der Waals surface area contributed by atoms with Crippen LogP contribution in [0.5, 0.6) is 0 Å². The minimum absolute atomic E-state index is 0.0214. The first-order valence-electron chi connectivity index (χ1n) is 6.88. The lowest BCUT2D eigenvalue weighted by atomic mass is 10.2. The molecule has 114 valence electrons. The summed E-state index contributed by atoms with van der Waals surface area (Å²) in [5.74, 6) is -0.0377. The molecular weight excluding hydrogens is 292 g/mol. The van der Waals surface area contributed by atoms with Gasteiger partial charge in [0.05, 0.1) is 10.7 Å². The van der Waals surface area contributed by atoms with Crippen molar-refractivity contribution in [3.05, 3.63) is 46.0 Å². The monoisotopic (exact) mass is 310 g/mol. The average molecular weight is 310 g/mol. The fourth-order valence-electron chi connectivity index (χ4n) is 2.26. The summed E-state index contributed by atoms with van der Waals surface area (Å²) in [4.78, 5) is 10.1. The minimum Gasteiger partial charge on any atom is -0.258 e. The van der Waals surface area contributed by atoms with E-state index in [0.29, 0.717) is 13.1 Å². The second-order valence-electron chi connectivity index (χ2n) is 4.99. The average Bonchev–Trinajstić information content (AvgIpc) is 2.48. The zero-order valence-corrected chi connectivity index (χ0v) is 12.5. The highest BCUT2D eigenvalue weighted by molar-refractivity contribution is 7.89. The van der Waals surface area contributed by atoms with Crippen molar-refractivity contribution in [2.24, 2.45) is 0 Å². The third-order valence-electron chi connectivity index (χ3n) is 3.43. The van der Waals surface area contributed by atoms with Crippen molar-refractivity contribution in [1.82, 2.24) is 4.31 Å². The van der Waals surface area contributed by atoms with Gasteiger partial charge in [0.2, 0.25) is 10.0 Å². The summed E-state index contributed by atoms with van der Waals surface area (Å²) in [6, 6.07) is 6.00. The van der Waals surface area contributed by atoms with Crippen LogP contribution < -0.4 is 0 Å². The van der Waals surface area contributed by atoms with E-state index in [1.807, 2.05) is 0 Å². The third kappa shape index (κ3) is 4.37. The Labute approximate surface area is 124 Å². The number of benzene rings is 1. The summed E-state index contributed by atoms with van der Waals surface area (Å²) in [6.45, 7) is 1.21. The normalized spacial score (nSPS) is 17.1. The first-order valence-corrected chi connectivity index (χ1v) is 8.49. The predicted octanol–water partition coefficient (Wildman–Crippen LogP) is 2.42. The molecule has 1 fully saturated rings. The van der Waals surface area contributed by atoms with Crippen molar-refractivity contribution in [3.8, 4) is 0 Å². The van der Waals surface area contributed by atoms with E-state index in [-0.39, 0.29) is 11.4 Å². The zero-order valence-electron chi connectivity index (χ0n) is 11.6. The third-order valence-corrected chi connectivity index (χ3v) is 5.20. The number of nitro benzene ring substituents is 1. The van der Waals surface area contributed by atoms with Gasteiger partial charge in [-0.25, -0.2) is 12.7 Å². The molecule has 1 aromatic rings. The van der Waals surface area contributed by atoms with Gasteiger partial charge in [-0.2, -0.15) is 0 Å². The molecule has 7 heteroatoms. The van der Waals surface area contributed by atoms with Gasteiger partial charge in [-0.15, -0.1) is 0 Å². The Balaban J connectivity index is 1.96. The Morgan fingerprint density at radius 1 is 1.14 bits per heavy atom. The van der Waals surface area contributed by atoms with E-state index in [9.17, 15) is 18.5 Å². The van der Waals surface area contributed by atoms with E-state index >= 15 is 0 Å². The van der Waals surface area contributed by atoms with Gasteiger partial charge in [0.25, 0.3) is 5.69 Å². The molecule has 0 spiro atoms. The van der Waals surface area contributed by atoms with Gasteiger partial charge < -0.3 is 0 Å². The highest BCUT2D eigenvalue weighted by Crippen LogP contribution is 2.15. The SMILES string of the molecule is O=[N+]([O-])c1ccc(C=CCS(=O)(=O)N2CCCCC2)cc1. The maximum Gasteiger partial charge on any atom is 0.269 e. The molecule has 2 rings (SSSR count). The number of hydrogen-bond donors (Lipinski definition) is 0. The Kier molecular flexibility index (Phi) is 5.08. The maximum absolute atomic E-state index is 12.1. The van der Waals surface area contributed by atoms with Crippen molar-refractivity contribution in [2.45, 2.75) is 19.3 Å². The topological polar surface area (TPSA) is 80.5 Å². The Morgan fingerprint density at radius 3 is 2.33 bits per heavy atom. The lowest BCUT2D eigenvalue weighted by Gasteiger charge is -2.25. The zero-order chi connectivity index (χ0) is 15.3. The number of nitro groups is 1. The lowest BCUT2D eigenvalue weighted by Crippen LogP contribution is -2.36. The molecule has 0 unspecified atom stereocenters. The van der Waals surface area contributed by atoms with Gasteiger partial charge in [-0.3, -0.25) is 10.1 Å². The molecule has 1 saturated heterocycles. The second kappa shape index (κ2) is 6.82. The molecule has 0 amide bonds. The maximum atomic E-state index is 12.1. The fourth-order valence-corrected chi connectivity index (χ4v) is 3.63. The number of rotatable bonds is 5. The molecule has 0 aliphatic carbocycles. The molecular formula is C14H18N2O4S. The van der Waals surface area contributed by atoms with Crippen molar-refractivity contribution >= 4 is 21.8 Å². The van der Waals surface area contributed by atoms with Crippen LogP contribution in [0.25, 0.3) is 6.08 Å². The second-order valence-corrected chi connectivity index (χ2v) is 7.00. The van der Waals surface area contributed by atoms with E-state index in [0.717, 1.165) is 24.8 Å². The van der Waals surface area contributed by atoms with Crippen molar-refractivity contribution < 1.29 is 13.3 Å². The van der Waals surface area contributed by atoms with Gasteiger partial charge in [-0.05, 0) is 30.5 Å². The van der Waals surface area contributed by atoms with Crippen molar-refractivity contribution in [1.29, 1.82) is 0 Å². The van der Waals surface area contributed by atoms with Crippen LogP contribution in [0.2, 0.25) is 0 Å². The van der Waals surface area contributed by atoms with Gasteiger partial charge in [0, 0.05) is 25.2 Å². The van der Waals surface area contributed by atoms with Crippen LogP contribution in [-0.4, -0.2) is 36.5 Å². The predicted molar refractivity (Wildman–Crippen MR) is 81.3 cm³/mol. The first kappa shape index (κ1) is 15.7. The molecule has 0 saturated carbocycles. The largest absolute Gasteiger partial charge is 0.269 e. The van der Waals surface area contributed by atoms with E-state index in [2.05, 4.69) is 0 Å². The molecule has 0 atom stereocenters. The van der Waals surface area contributed by atoms with Crippen LogP contribution in [0.4, 0.5) is 5.69 Å². The molecule has 0 N–H and O–H groups in total. The number of piperidine rings is 1. The van der Waals surface area contributed by atoms with Gasteiger partial charge in [-0.1, -0.05) is 18.6 Å². The first-order chi connectivity index (χ1) is 9.99. The standard InChI is InChI=1S/C14H18N2O4S/c17-16(18)14-8-6-13(7-9-14)5-4-12-21(19,20)15-10-2-1-3-11-15/h4-9H,1-3,10-12H2. The van der Waals surface area contributed by atoms with Crippen molar-refractivity contribution in [3.63, 3.8) is 0 Å². The summed E-state index contributed by atoms with van der Waals surface area (Å²) in [5.41, 5.74) is 0.766. The van der Waals surface area contributed by atoms with Gasteiger partial charge in [0.1, 0.15) is 0 Å². The molecule has 21 heavy (non-hydrogen) atoms. The van der Waals surface area contributed by atoms with Crippen molar-refractivity contribution in [2.75, 3.05) is 18.8 Å². The molecule has 1 heterocycles. The summed E-state index contributed by atoms with van der Waals surface area (Å²) < 4.78 is 25.7. The Morgan fingerprint density at radius 2 is 1.76 bits per heavy atom. The number of sulfonamides is 1.